The number of ether oxygens (including phenoxy) is 4. The van der Waals surface area contributed by atoms with Crippen LogP contribution in [0.3, 0.4) is 0 Å². The van der Waals surface area contributed by atoms with E-state index in [-0.39, 0.29) is 56.6 Å². The fourth-order valence-corrected chi connectivity index (χ4v) is 9.85. The van der Waals surface area contributed by atoms with E-state index in [1.54, 1.807) is 70.2 Å². The number of sulfonamides is 1. The van der Waals surface area contributed by atoms with Crippen LogP contribution in [0.15, 0.2) is 71.6 Å². The molecule has 3 aliphatic rings. The SMILES string of the molecule is CCOc1ccc(-c2ccc(CNC(=O)OC(C)(C)C)cc2)cc1S(=O)(=O)N1CCC2(CC1)C[C@H](N(C[C@H](O)COc1cccc(C3(S(=O)[O-])CC3)c1)C(=O)O)CO2. The van der Waals surface area contributed by atoms with Crippen molar-refractivity contribution >= 4 is 33.3 Å². The zero-order valence-corrected chi connectivity index (χ0v) is 34.8. The largest absolute Gasteiger partial charge is 0.772 e. The van der Waals surface area contributed by atoms with Gasteiger partial charge in [0.05, 0.1) is 36.1 Å². The van der Waals surface area contributed by atoms with Gasteiger partial charge in [0.2, 0.25) is 10.0 Å². The minimum absolute atomic E-state index is 0.0380. The predicted molar refractivity (Wildman–Crippen MR) is 214 cm³/mol. The number of rotatable bonds is 15. The first kappa shape index (κ1) is 43.3. The lowest BCUT2D eigenvalue weighted by atomic mass is 9.88. The average molecular weight is 843 g/mol. The third kappa shape index (κ3) is 10.1. The van der Waals surface area contributed by atoms with E-state index in [0.29, 0.717) is 49.0 Å². The highest BCUT2D eigenvalue weighted by Crippen LogP contribution is 2.51. The fourth-order valence-electron chi connectivity index (χ4n) is 7.50. The number of hydrogen-bond acceptors (Lipinski definition) is 11. The molecule has 1 spiro atoms. The van der Waals surface area contributed by atoms with Gasteiger partial charge in [-0.3, -0.25) is 4.21 Å². The van der Waals surface area contributed by atoms with E-state index in [0.717, 1.165) is 16.0 Å². The first-order valence-corrected chi connectivity index (χ1v) is 21.9. The molecule has 1 unspecified atom stereocenters. The molecule has 15 nitrogen and oxygen atoms in total. The van der Waals surface area contributed by atoms with Gasteiger partial charge in [-0.25, -0.2) is 18.0 Å². The van der Waals surface area contributed by atoms with Crippen LogP contribution in [0.4, 0.5) is 9.59 Å². The van der Waals surface area contributed by atoms with Crippen LogP contribution < -0.4 is 14.8 Å². The lowest BCUT2D eigenvalue weighted by Crippen LogP contribution is -2.48. The molecule has 0 bridgehead atoms. The molecule has 2 saturated heterocycles. The van der Waals surface area contributed by atoms with Gasteiger partial charge >= 0.3 is 12.2 Å². The lowest BCUT2D eigenvalue weighted by Gasteiger charge is -2.38. The average Bonchev–Trinajstić information content (AvgIpc) is 3.91. The van der Waals surface area contributed by atoms with Crippen LogP contribution in [0.2, 0.25) is 0 Å². The molecule has 316 valence electrons. The van der Waals surface area contributed by atoms with Gasteiger partial charge in [0.15, 0.2) is 0 Å². The third-order valence-corrected chi connectivity index (χ3v) is 13.9. The summed E-state index contributed by atoms with van der Waals surface area (Å²) in [5.74, 6) is 0.611. The second-order valence-corrected chi connectivity index (χ2v) is 19.2. The number of alkyl carbamates (subject to hydrolysis) is 1. The van der Waals surface area contributed by atoms with Crippen molar-refractivity contribution in [2.75, 3.05) is 39.5 Å². The predicted octanol–water partition coefficient (Wildman–Crippen LogP) is 5.38. The normalized spacial score (nSPS) is 19.9. The molecule has 3 aromatic carbocycles. The number of carboxylic acid groups (broad SMARTS) is 1. The third-order valence-electron chi connectivity index (χ3n) is 10.7. The lowest BCUT2D eigenvalue weighted by molar-refractivity contribution is -0.0319. The maximum atomic E-state index is 14.2. The summed E-state index contributed by atoms with van der Waals surface area (Å²) in [6, 6.07) is 18.6. The van der Waals surface area contributed by atoms with Crippen molar-refractivity contribution in [1.82, 2.24) is 14.5 Å². The molecule has 2 amide bonds. The van der Waals surface area contributed by atoms with Gasteiger partial charge in [0.25, 0.3) is 0 Å². The molecule has 3 aromatic rings. The Balaban J connectivity index is 1.06. The zero-order chi connectivity index (χ0) is 41.9. The highest BCUT2D eigenvalue weighted by Gasteiger charge is 2.48. The van der Waals surface area contributed by atoms with Crippen LogP contribution in [0, 0.1) is 0 Å². The Bertz CT molecular complexity index is 2080. The Morgan fingerprint density at radius 3 is 2.34 bits per heavy atom. The van der Waals surface area contributed by atoms with E-state index in [1.165, 1.54) is 4.31 Å². The van der Waals surface area contributed by atoms with Crippen LogP contribution in [0.5, 0.6) is 11.5 Å². The smallest absolute Gasteiger partial charge is 0.407 e. The number of nitrogens with zero attached hydrogens (tertiary/aromatic N) is 2. The van der Waals surface area contributed by atoms with E-state index in [4.69, 9.17) is 18.9 Å². The molecule has 2 heterocycles. The van der Waals surface area contributed by atoms with Crippen molar-refractivity contribution in [3.63, 3.8) is 0 Å². The van der Waals surface area contributed by atoms with Gasteiger partial charge < -0.3 is 43.9 Å². The van der Waals surface area contributed by atoms with Crippen LogP contribution in [-0.2, 0) is 41.9 Å². The monoisotopic (exact) mass is 842 g/mol. The number of carbonyl (C=O) groups is 2. The summed E-state index contributed by atoms with van der Waals surface area (Å²) >= 11 is -2.27. The number of amides is 2. The Kier molecular flexibility index (Phi) is 13.1. The molecule has 3 atom stereocenters. The highest BCUT2D eigenvalue weighted by atomic mass is 32.2. The van der Waals surface area contributed by atoms with E-state index < -0.39 is 61.4 Å². The molecule has 17 heteroatoms. The van der Waals surface area contributed by atoms with Crippen molar-refractivity contribution in [3.05, 3.63) is 77.9 Å². The minimum atomic E-state index is -4.02. The van der Waals surface area contributed by atoms with Crippen molar-refractivity contribution in [1.29, 1.82) is 0 Å². The van der Waals surface area contributed by atoms with Crippen LogP contribution >= 0.6 is 0 Å². The van der Waals surface area contributed by atoms with E-state index in [9.17, 15) is 37.0 Å². The molecule has 3 fully saturated rings. The Morgan fingerprint density at radius 2 is 1.72 bits per heavy atom. The van der Waals surface area contributed by atoms with Crippen molar-refractivity contribution < 1.29 is 55.9 Å². The van der Waals surface area contributed by atoms with Crippen molar-refractivity contribution in [3.8, 4) is 22.6 Å². The Hall–Kier alpha value is -4.26. The maximum Gasteiger partial charge on any atom is 0.407 e. The van der Waals surface area contributed by atoms with E-state index >= 15 is 0 Å². The van der Waals surface area contributed by atoms with Crippen molar-refractivity contribution in [2.24, 2.45) is 0 Å². The van der Waals surface area contributed by atoms with Crippen LogP contribution in [0.1, 0.15) is 70.9 Å². The quantitative estimate of drug-likeness (QED) is 0.165. The number of piperidine rings is 1. The van der Waals surface area contributed by atoms with Gasteiger partial charge in [0.1, 0.15) is 34.7 Å². The van der Waals surface area contributed by atoms with Gasteiger partial charge in [-0.2, -0.15) is 4.31 Å². The number of carbonyl (C=O) groups excluding carboxylic acids is 1. The standard InChI is InChI=1S/C41H53N3O12S2/c1-5-53-35-14-13-30(29-11-9-28(10-12-29)24-42-37(46)56-39(2,3)4)21-36(35)58(51,52)43-19-17-40(18-20-43)23-32(26-55-40)44(38(47)48)25-33(45)27-54-34-8-6-7-31(22-34)41(15-16-41)57(49)50/h6-14,21-22,32-33,45H,5,15-20,23-27H2,1-4H3,(H,42,46)(H,47,48)(H,49,50)/p-1/t32-,33-/m0/s1. The molecular formula is C41H52N3O12S2-. The van der Waals surface area contributed by atoms with E-state index in [2.05, 4.69) is 5.32 Å². The topological polar surface area (TPSA) is 204 Å². The number of aliphatic hydroxyl groups excluding tert-OH is 1. The molecule has 3 N–H and O–H groups in total. The summed E-state index contributed by atoms with van der Waals surface area (Å²) < 4.78 is 75.5. The van der Waals surface area contributed by atoms with Gasteiger partial charge in [-0.05, 0) is 117 Å². The number of aliphatic hydroxyl groups is 1. The number of benzene rings is 3. The molecule has 58 heavy (non-hydrogen) atoms. The molecule has 1 saturated carbocycles. The van der Waals surface area contributed by atoms with Crippen LogP contribution in [0.25, 0.3) is 11.1 Å². The second-order valence-electron chi connectivity index (χ2n) is 16.1. The summed E-state index contributed by atoms with van der Waals surface area (Å²) in [7, 11) is -4.02. The van der Waals surface area contributed by atoms with Crippen LogP contribution in [-0.4, -0.2) is 112 Å². The number of hydrogen-bond donors (Lipinski definition) is 3. The summed E-state index contributed by atoms with van der Waals surface area (Å²) in [5.41, 5.74) is 1.55. The summed E-state index contributed by atoms with van der Waals surface area (Å²) in [6.45, 7) is 7.61. The molecule has 0 aromatic heterocycles. The Morgan fingerprint density at radius 1 is 1.03 bits per heavy atom. The summed E-state index contributed by atoms with van der Waals surface area (Å²) in [5, 5.41) is 23.7. The first-order valence-electron chi connectivity index (χ1n) is 19.4. The van der Waals surface area contributed by atoms with Crippen molar-refractivity contribution in [2.45, 2.75) is 99.3 Å². The summed E-state index contributed by atoms with van der Waals surface area (Å²) in [6.07, 6.45) is -0.850. The number of nitrogens with one attached hydrogen (secondary N) is 1. The van der Waals surface area contributed by atoms with Gasteiger partial charge in [-0.1, -0.05) is 42.5 Å². The van der Waals surface area contributed by atoms with E-state index in [1.807, 2.05) is 24.3 Å². The Labute approximate surface area is 341 Å². The highest BCUT2D eigenvalue weighted by molar-refractivity contribution is 7.89. The first-order chi connectivity index (χ1) is 27.4. The van der Waals surface area contributed by atoms with Gasteiger partial charge in [-0.15, -0.1) is 0 Å². The molecule has 0 radical (unpaired) electrons. The molecule has 1 aliphatic carbocycles. The zero-order valence-electron chi connectivity index (χ0n) is 33.2. The maximum absolute atomic E-state index is 14.2. The van der Waals surface area contributed by atoms with Gasteiger partial charge in [0, 0.05) is 19.6 Å². The molecular weight excluding hydrogens is 791 g/mol. The summed E-state index contributed by atoms with van der Waals surface area (Å²) in [4.78, 5) is 25.7. The second kappa shape index (κ2) is 17.5. The minimum Gasteiger partial charge on any atom is -0.772 e. The molecule has 6 rings (SSSR count). The molecule has 2 aliphatic heterocycles. The fraction of sp³-hybridized carbons (Fsp3) is 0.512.